The van der Waals surface area contributed by atoms with Crippen molar-refractivity contribution in [2.24, 2.45) is 0 Å². The maximum atomic E-state index is 9.34. The van der Waals surface area contributed by atoms with E-state index < -0.39 is 0 Å². The summed E-state index contributed by atoms with van der Waals surface area (Å²) >= 11 is 2.05. The molecule has 0 aromatic rings. The first-order valence-electron chi connectivity index (χ1n) is 5.06. The number of thioether (sulfide) groups is 1. The molecular formula is C9H18N2OS. The van der Waals surface area contributed by atoms with Crippen LogP contribution in [0.3, 0.4) is 0 Å². The lowest BCUT2D eigenvalue weighted by Crippen LogP contribution is -2.41. The highest BCUT2D eigenvalue weighted by atomic mass is 32.2. The monoisotopic (exact) mass is 202 g/mol. The van der Waals surface area contributed by atoms with E-state index in [-0.39, 0.29) is 6.10 Å². The third-order valence-corrected chi connectivity index (χ3v) is 3.72. The summed E-state index contributed by atoms with van der Waals surface area (Å²) in [6.07, 6.45) is 0.827. The summed E-state index contributed by atoms with van der Waals surface area (Å²) in [5, 5.41) is 12.7. The van der Waals surface area contributed by atoms with Gasteiger partial charge in [-0.25, -0.2) is 0 Å². The highest BCUT2D eigenvalue weighted by Crippen LogP contribution is 2.12. The fourth-order valence-corrected chi connectivity index (χ4v) is 3.01. The molecule has 0 spiro atoms. The van der Waals surface area contributed by atoms with Crippen LogP contribution in [0.1, 0.15) is 6.42 Å². The molecule has 2 heterocycles. The summed E-state index contributed by atoms with van der Waals surface area (Å²) < 4.78 is 0. The van der Waals surface area contributed by atoms with Crippen LogP contribution in [0.4, 0.5) is 0 Å². The van der Waals surface area contributed by atoms with Gasteiger partial charge in [-0.3, -0.25) is 0 Å². The van der Waals surface area contributed by atoms with E-state index in [2.05, 4.69) is 10.2 Å². The van der Waals surface area contributed by atoms with E-state index in [9.17, 15) is 5.11 Å². The molecule has 0 aliphatic carbocycles. The molecule has 3 nitrogen and oxygen atoms in total. The average Bonchev–Trinajstić information content (AvgIpc) is 2.53. The fraction of sp³-hybridized carbons (Fsp3) is 1.00. The van der Waals surface area contributed by atoms with E-state index in [0.717, 1.165) is 19.5 Å². The van der Waals surface area contributed by atoms with E-state index >= 15 is 0 Å². The first kappa shape index (κ1) is 9.77. The molecule has 0 saturated carbocycles. The molecule has 2 aliphatic heterocycles. The number of β-amino-alcohol motifs (C(OH)–C–C–N with tert-alkyl or cyclic N) is 1. The molecule has 2 unspecified atom stereocenters. The van der Waals surface area contributed by atoms with Crippen molar-refractivity contribution in [1.29, 1.82) is 0 Å². The Hall–Kier alpha value is 0.230. The molecule has 4 heteroatoms. The maximum absolute atomic E-state index is 9.34. The molecule has 2 atom stereocenters. The standard InChI is InChI=1S/C9H18N2OS/c12-9-5-8(10-6-9)7-11-1-3-13-4-2-11/h8-10,12H,1-7H2. The lowest BCUT2D eigenvalue weighted by atomic mass is 10.2. The first-order chi connectivity index (χ1) is 6.34. The van der Waals surface area contributed by atoms with Crippen molar-refractivity contribution in [2.45, 2.75) is 18.6 Å². The second kappa shape index (κ2) is 4.64. The second-order valence-electron chi connectivity index (χ2n) is 3.91. The zero-order chi connectivity index (χ0) is 9.10. The van der Waals surface area contributed by atoms with Gasteiger partial charge < -0.3 is 15.3 Å². The Bertz CT molecular complexity index is 159. The molecule has 0 aromatic carbocycles. The lowest BCUT2D eigenvalue weighted by molar-refractivity contribution is 0.188. The van der Waals surface area contributed by atoms with E-state index in [1.807, 2.05) is 11.8 Å². The number of aliphatic hydroxyl groups is 1. The number of hydrogen-bond donors (Lipinski definition) is 2. The van der Waals surface area contributed by atoms with Crippen molar-refractivity contribution in [2.75, 3.05) is 37.7 Å². The second-order valence-corrected chi connectivity index (χ2v) is 5.13. The van der Waals surface area contributed by atoms with Crippen molar-refractivity contribution in [1.82, 2.24) is 10.2 Å². The van der Waals surface area contributed by atoms with Gasteiger partial charge in [0, 0.05) is 43.7 Å². The largest absolute Gasteiger partial charge is 0.392 e. The molecule has 2 saturated heterocycles. The summed E-state index contributed by atoms with van der Waals surface area (Å²) in [6.45, 7) is 4.35. The summed E-state index contributed by atoms with van der Waals surface area (Å²) in [5.41, 5.74) is 0. The number of hydrogen-bond acceptors (Lipinski definition) is 4. The van der Waals surface area contributed by atoms with Gasteiger partial charge in [0.25, 0.3) is 0 Å². The predicted molar refractivity (Wildman–Crippen MR) is 56.2 cm³/mol. The molecule has 76 valence electrons. The summed E-state index contributed by atoms with van der Waals surface area (Å²) in [6, 6.07) is 0.526. The Morgan fingerprint density at radius 1 is 1.38 bits per heavy atom. The minimum atomic E-state index is -0.107. The van der Waals surface area contributed by atoms with E-state index in [1.165, 1.54) is 24.6 Å². The number of nitrogens with zero attached hydrogens (tertiary/aromatic N) is 1. The normalized spacial score (nSPS) is 36.7. The van der Waals surface area contributed by atoms with Crippen molar-refractivity contribution < 1.29 is 5.11 Å². The lowest BCUT2D eigenvalue weighted by Gasteiger charge is -2.28. The molecule has 0 aromatic heterocycles. The van der Waals surface area contributed by atoms with Gasteiger partial charge in [-0.2, -0.15) is 11.8 Å². The predicted octanol–water partition coefficient (Wildman–Crippen LogP) is -0.242. The minimum Gasteiger partial charge on any atom is -0.392 e. The third kappa shape index (κ3) is 2.84. The molecule has 2 aliphatic rings. The van der Waals surface area contributed by atoms with Crippen LogP contribution in [0.2, 0.25) is 0 Å². The van der Waals surface area contributed by atoms with Gasteiger partial charge >= 0.3 is 0 Å². The fourth-order valence-electron chi connectivity index (χ4n) is 2.03. The van der Waals surface area contributed by atoms with Gasteiger partial charge in [-0.05, 0) is 6.42 Å². The number of rotatable bonds is 2. The Kier molecular flexibility index (Phi) is 3.49. The van der Waals surface area contributed by atoms with Crippen LogP contribution in [-0.4, -0.2) is 59.8 Å². The van der Waals surface area contributed by atoms with Crippen molar-refractivity contribution >= 4 is 11.8 Å². The quantitative estimate of drug-likeness (QED) is 0.648. The highest BCUT2D eigenvalue weighted by molar-refractivity contribution is 7.99. The van der Waals surface area contributed by atoms with Crippen LogP contribution in [0, 0.1) is 0 Å². The zero-order valence-corrected chi connectivity index (χ0v) is 8.72. The molecule has 13 heavy (non-hydrogen) atoms. The molecule has 0 amide bonds. The minimum absolute atomic E-state index is 0.107. The van der Waals surface area contributed by atoms with Crippen LogP contribution in [-0.2, 0) is 0 Å². The SMILES string of the molecule is OC1CNC(CN2CCSCC2)C1. The van der Waals surface area contributed by atoms with Gasteiger partial charge in [0.15, 0.2) is 0 Å². The van der Waals surface area contributed by atoms with Crippen LogP contribution >= 0.6 is 11.8 Å². The van der Waals surface area contributed by atoms with Gasteiger partial charge in [0.2, 0.25) is 0 Å². The van der Waals surface area contributed by atoms with Crippen LogP contribution in [0.15, 0.2) is 0 Å². The Morgan fingerprint density at radius 3 is 2.77 bits per heavy atom. The van der Waals surface area contributed by atoms with Crippen molar-refractivity contribution in [3.63, 3.8) is 0 Å². The van der Waals surface area contributed by atoms with Crippen molar-refractivity contribution in [3.05, 3.63) is 0 Å². The summed E-state index contributed by atoms with van der Waals surface area (Å²) in [7, 11) is 0. The molecular weight excluding hydrogens is 184 g/mol. The van der Waals surface area contributed by atoms with Crippen LogP contribution < -0.4 is 5.32 Å². The first-order valence-corrected chi connectivity index (χ1v) is 6.21. The average molecular weight is 202 g/mol. The summed E-state index contributed by atoms with van der Waals surface area (Å²) in [4.78, 5) is 2.51. The molecule has 0 radical (unpaired) electrons. The van der Waals surface area contributed by atoms with Gasteiger partial charge in [-0.1, -0.05) is 0 Å². The summed E-state index contributed by atoms with van der Waals surface area (Å²) in [5.74, 6) is 2.55. The van der Waals surface area contributed by atoms with E-state index in [1.54, 1.807) is 0 Å². The molecule has 2 N–H and O–H groups in total. The maximum Gasteiger partial charge on any atom is 0.0680 e. The zero-order valence-electron chi connectivity index (χ0n) is 7.91. The Labute approximate surface area is 83.9 Å². The van der Waals surface area contributed by atoms with E-state index in [4.69, 9.17) is 0 Å². The third-order valence-electron chi connectivity index (χ3n) is 2.78. The molecule has 0 bridgehead atoms. The number of aliphatic hydroxyl groups excluding tert-OH is 1. The number of nitrogens with one attached hydrogen (secondary N) is 1. The molecule has 2 fully saturated rings. The van der Waals surface area contributed by atoms with Gasteiger partial charge in [0.05, 0.1) is 6.10 Å². The Morgan fingerprint density at radius 2 is 2.15 bits per heavy atom. The molecule has 2 rings (SSSR count). The van der Waals surface area contributed by atoms with Crippen LogP contribution in [0.25, 0.3) is 0 Å². The smallest absolute Gasteiger partial charge is 0.0680 e. The van der Waals surface area contributed by atoms with Crippen LogP contribution in [0.5, 0.6) is 0 Å². The van der Waals surface area contributed by atoms with Crippen molar-refractivity contribution in [3.8, 4) is 0 Å². The van der Waals surface area contributed by atoms with Gasteiger partial charge in [-0.15, -0.1) is 0 Å². The highest BCUT2D eigenvalue weighted by Gasteiger charge is 2.24. The Balaban J connectivity index is 1.71. The topological polar surface area (TPSA) is 35.5 Å². The van der Waals surface area contributed by atoms with E-state index in [0.29, 0.717) is 6.04 Å². The van der Waals surface area contributed by atoms with Gasteiger partial charge in [0.1, 0.15) is 0 Å².